The number of nitrogens with zero attached hydrogens (tertiary/aromatic N) is 1. The van der Waals surface area contributed by atoms with Gasteiger partial charge in [0.25, 0.3) is 5.91 Å². The summed E-state index contributed by atoms with van der Waals surface area (Å²) in [5.41, 5.74) is 8.24. The molecule has 1 fully saturated rings. The molecule has 1 aliphatic heterocycles. The van der Waals surface area contributed by atoms with Crippen LogP contribution in [0.2, 0.25) is 0 Å². The number of aromatic amines is 1. The van der Waals surface area contributed by atoms with E-state index in [-0.39, 0.29) is 18.1 Å². The van der Waals surface area contributed by atoms with Gasteiger partial charge in [-0.05, 0) is 44.2 Å². The van der Waals surface area contributed by atoms with Crippen molar-refractivity contribution >= 4 is 49.6 Å². The first-order valence-electron chi connectivity index (χ1n) is 8.83. The second-order valence-electron chi connectivity index (χ2n) is 7.09. The summed E-state index contributed by atoms with van der Waals surface area (Å²) >= 11 is 3.41. The highest BCUT2D eigenvalue weighted by Gasteiger charge is 2.27. The van der Waals surface area contributed by atoms with Gasteiger partial charge >= 0.3 is 0 Å². The maximum Gasteiger partial charge on any atom is 0.254 e. The number of aromatic nitrogens is 1. The van der Waals surface area contributed by atoms with E-state index < -0.39 is 5.91 Å². The predicted molar refractivity (Wildman–Crippen MR) is 108 cm³/mol. The highest BCUT2D eigenvalue weighted by molar-refractivity contribution is 9.10. The molecule has 3 aromatic rings. The minimum atomic E-state index is -0.505. The fraction of sp³-hybridized carbons (Fsp3) is 0.300. The third-order valence-electron chi connectivity index (χ3n) is 4.88. The number of amides is 2. The summed E-state index contributed by atoms with van der Waals surface area (Å²) in [5.74, 6) is -0.541. The lowest BCUT2D eigenvalue weighted by Crippen LogP contribution is -2.48. The highest BCUT2D eigenvalue weighted by atomic mass is 79.9. The number of hydrogen-bond donors (Lipinski definition) is 2. The van der Waals surface area contributed by atoms with Crippen LogP contribution < -0.4 is 5.73 Å². The van der Waals surface area contributed by atoms with Gasteiger partial charge in [0.15, 0.2) is 0 Å². The van der Waals surface area contributed by atoms with Gasteiger partial charge in [-0.2, -0.15) is 0 Å². The van der Waals surface area contributed by atoms with E-state index in [0.29, 0.717) is 24.2 Å². The van der Waals surface area contributed by atoms with Crippen LogP contribution in [-0.4, -0.2) is 47.0 Å². The Morgan fingerprint density at radius 1 is 1.15 bits per heavy atom. The maximum absolute atomic E-state index is 13.0. The number of hydrogen-bond acceptors (Lipinski definition) is 3. The molecule has 7 heteroatoms. The van der Waals surface area contributed by atoms with Crippen LogP contribution in [0.5, 0.6) is 0 Å². The Labute approximate surface area is 164 Å². The predicted octanol–water partition coefficient (Wildman–Crippen LogP) is 3.43. The summed E-state index contributed by atoms with van der Waals surface area (Å²) in [6.45, 7) is 5.06. The number of benzene rings is 2. The number of ether oxygens (including phenoxy) is 1. The number of carbonyl (C=O) groups excluding carboxylic acids is 2. The second kappa shape index (κ2) is 6.65. The van der Waals surface area contributed by atoms with E-state index in [0.717, 1.165) is 26.3 Å². The van der Waals surface area contributed by atoms with Gasteiger partial charge in [0.1, 0.15) is 0 Å². The van der Waals surface area contributed by atoms with Crippen LogP contribution in [0.3, 0.4) is 0 Å². The van der Waals surface area contributed by atoms with E-state index >= 15 is 0 Å². The van der Waals surface area contributed by atoms with Crippen LogP contribution in [0.4, 0.5) is 0 Å². The van der Waals surface area contributed by atoms with Gasteiger partial charge in [-0.25, -0.2) is 0 Å². The molecule has 2 aromatic carbocycles. The van der Waals surface area contributed by atoms with Crippen LogP contribution in [0.25, 0.3) is 21.8 Å². The Hall–Kier alpha value is -2.38. The van der Waals surface area contributed by atoms with Crippen molar-refractivity contribution in [1.29, 1.82) is 0 Å². The molecule has 4 rings (SSSR count). The van der Waals surface area contributed by atoms with Gasteiger partial charge in [0.05, 0.1) is 17.8 Å². The van der Waals surface area contributed by atoms with Crippen LogP contribution >= 0.6 is 15.9 Å². The lowest BCUT2D eigenvalue weighted by atomic mass is 10.0. The zero-order chi connectivity index (χ0) is 19.3. The van der Waals surface area contributed by atoms with E-state index in [2.05, 4.69) is 20.9 Å². The first-order valence-corrected chi connectivity index (χ1v) is 9.62. The van der Waals surface area contributed by atoms with Gasteiger partial charge < -0.3 is 20.4 Å². The molecule has 2 amide bonds. The van der Waals surface area contributed by atoms with E-state index in [1.54, 1.807) is 6.07 Å². The molecule has 27 heavy (non-hydrogen) atoms. The summed E-state index contributed by atoms with van der Waals surface area (Å²) in [7, 11) is 0. The van der Waals surface area contributed by atoms with Crippen LogP contribution in [0, 0.1) is 0 Å². The maximum atomic E-state index is 13.0. The van der Waals surface area contributed by atoms with Gasteiger partial charge in [-0.15, -0.1) is 0 Å². The smallest absolute Gasteiger partial charge is 0.254 e. The van der Waals surface area contributed by atoms with Crippen molar-refractivity contribution in [2.45, 2.75) is 26.1 Å². The molecule has 3 N–H and O–H groups in total. The molecule has 1 aromatic heterocycles. The Morgan fingerprint density at radius 3 is 2.52 bits per heavy atom. The third kappa shape index (κ3) is 3.21. The third-order valence-corrected chi connectivity index (χ3v) is 5.34. The number of carbonyl (C=O) groups is 2. The molecule has 1 saturated heterocycles. The lowest BCUT2D eigenvalue weighted by Gasteiger charge is -2.35. The van der Waals surface area contributed by atoms with Gasteiger partial charge in [-0.3, -0.25) is 9.59 Å². The van der Waals surface area contributed by atoms with Crippen LogP contribution in [0.15, 0.2) is 34.8 Å². The number of halogens is 1. The average molecular weight is 430 g/mol. The topological polar surface area (TPSA) is 88.4 Å². The van der Waals surface area contributed by atoms with Crippen molar-refractivity contribution in [1.82, 2.24) is 9.88 Å². The van der Waals surface area contributed by atoms with Gasteiger partial charge in [0, 0.05) is 44.9 Å². The lowest BCUT2D eigenvalue weighted by molar-refractivity contribution is -0.0586. The molecule has 0 bridgehead atoms. The number of nitrogens with two attached hydrogens (primary N) is 1. The molecule has 2 heterocycles. The number of primary amides is 1. The van der Waals surface area contributed by atoms with Crippen molar-refractivity contribution in [2.24, 2.45) is 5.73 Å². The summed E-state index contributed by atoms with van der Waals surface area (Å²) in [6, 6.07) is 9.12. The van der Waals surface area contributed by atoms with Crippen molar-refractivity contribution in [3.05, 3.63) is 45.9 Å². The van der Waals surface area contributed by atoms with E-state index in [4.69, 9.17) is 10.5 Å². The van der Waals surface area contributed by atoms with Crippen molar-refractivity contribution in [3.63, 3.8) is 0 Å². The molecular formula is C20H20BrN3O3. The molecule has 2 atom stereocenters. The molecule has 6 nitrogen and oxygen atoms in total. The largest absolute Gasteiger partial charge is 0.372 e. The van der Waals surface area contributed by atoms with E-state index in [1.807, 2.05) is 43.0 Å². The van der Waals surface area contributed by atoms with E-state index in [1.165, 1.54) is 0 Å². The van der Waals surface area contributed by atoms with Crippen molar-refractivity contribution < 1.29 is 14.3 Å². The number of nitrogens with one attached hydrogen (secondary N) is 1. The quantitative estimate of drug-likeness (QED) is 0.653. The fourth-order valence-corrected chi connectivity index (χ4v) is 4.31. The zero-order valence-corrected chi connectivity index (χ0v) is 16.7. The molecule has 0 spiro atoms. The Morgan fingerprint density at radius 2 is 1.85 bits per heavy atom. The SMILES string of the molecule is C[C@@H]1CN(C(=O)c2ccc3[nH]c4cc(Br)cc(C(N)=O)c4c3c2)C[C@H](C)O1. The zero-order valence-electron chi connectivity index (χ0n) is 15.1. The summed E-state index contributed by atoms with van der Waals surface area (Å²) < 4.78 is 6.48. The average Bonchev–Trinajstić information content (AvgIpc) is 2.96. The molecule has 140 valence electrons. The number of fused-ring (bicyclic) bond motifs is 3. The molecule has 0 unspecified atom stereocenters. The highest BCUT2D eigenvalue weighted by Crippen LogP contribution is 2.32. The Bertz CT molecular complexity index is 1070. The standard InChI is InChI=1S/C20H20BrN3O3/c1-10-8-24(9-11(2)27-10)20(26)12-3-4-16-14(5-12)18-15(19(22)25)6-13(21)7-17(18)23-16/h3-7,10-11,23H,8-9H2,1-2H3,(H2,22,25)/t10-,11+. The fourth-order valence-electron chi connectivity index (χ4n) is 3.85. The molecule has 0 aliphatic carbocycles. The molecular weight excluding hydrogens is 410 g/mol. The van der Waals surface area contributed by atoms with Gasteiger partial charge in [0.2, 0.25) is 5.91 Å². The first-order chi connectivity index (χ1) is 12.8. The van der Waals surface area contributed by atoms with Crippen molar-refractivity contribution in [2.75, 3.05) is 13.1 Å². The van der Waals surface area contributed by atoms with Gasteiger partial charge in [-0.1, -0.05) is 15.9 Å². The number of rotatable bonds is 2. The second-order valence-corrected chi connectivity index (χ2v) is 8.01. The Balaban J connectivity index is 1.83. The van der Waals surface area contributed by atoms with E-state index in [9.17, 15) is 9.59 Å². The normalized spacial score (nSPS) is 20.3. The molecule has 1 aliphatic rings. The number of H-pyrrole nitrogens is 1. The van der Waals surface area contributed by atoms with Crippen LogP contribution in [-0.2, 0) is 4.74 Å². The first kappa shape index (κ1) is 18.0. The summed E-state index contributed by atoms with van der Waals surface area (Å²) in [4.78, 5) is 30.1. The minimum Gasteiger partial charge on any atom is -0.372 e. The minimum absolute atomic E-state index is 0.00772. The summed E-state index contributed by atoms with van der Waals surface area (Å²) in [5, 5.41) is 1.55. The molecule has 0 saturated carbocycles. The monoisotopic (exact) mass is 429 g/mol. The summed E-state index contributed by atoms with van der Waals surface area (Å²) in [6.07, 6.45) is 0.0154. The van der Waals surface area contributed by atoms with Crippen molar-refractivity contribution in [3.8, 4) is 0 Å². The molecule has 0 radical (unpaired) electrons. The Kier molecular flexibility index (Phi) is 4.44. The van der Waals surface area contributed by atoms with Crippen LogP contribution in [0.1, 0.15) is 34.6 Å². The number of morpholine rings is 1.